The zero-order chi connectivity index (χ0) is 25.1. The van der Waals surface area contributed by atoms with E-state index in [4.69, 9.17) is 4.74 Å². The van der Waals surface area contributed by atoms with Gasteiger partial charge >= 0.3 is 6.09 Å². The SMILES string of the molecule is Cc1ccc(S(=O)(=O)Nc2ccc(S(=O)(=O)NC3CCN(C(=O)OC(C)(C)C)CC3)cc2)cc1. The van der Waals surface area contributed by atoms with Gasteiger partial charge in [-0.25, -0.2) is 26.4 Å². The molecule has 0 atom stereocenters. The van der Waals surface area contributed by atoms with E-state index in [1.165, 1.54) is 36.4 Å². The number of amides is 1. The van der Waals surface area contributed by atoms with Crippen LogP contribution in [0.15, 0.2) is 58.3 Å². The van der Waals surface area contributed by atoms with Gasteiger partial charge in [-0.2, -0.15) is 0 Å². The molecule has 2 N–H and O–H groups in total. The van der Waals surface area contributed by atoms with E-state index in [1.807, 2.05) is 6.92 Å². The number of anilines is 1. The predicted octanol–water partition coefficient (Wildman–Crippen LogP) is 3.47. The second-order valence-corrected chi connectivity index (χ2v) is 12.7. The number of aryl methyl sites for hydroxylation is 1. The summed E-state index contributed by atoms with van der Waals surface area (Å²) >= 11 is 0. The lowest BCUT2D eigenvalue weighted by Gasteiger charge is -2.33. The number of sulfonamides is 2. The molecule has 1 aliphatic heterocycles. The van der Waals surface area contributed by atoms with Crippen molar-refractivity contribution in [2.75, 3.05) is 17.8 Å². The topological polar surface area (TPSA) is 122 Å². The highest BCUT2D eigenvalue weighted by molar-refractivity contribution is 7.92. The van der Waals surface area contributed by atoms with Crippen molar-refractivity contribution in [3.8, 4) is 0 Å². The molecule has 3 rings (SSSR count). The Morgan fingerprint density at radius 1 is 0.882 bits per heavy atom. The summed E-state index contributed by atoms with van der Waals surface area (Å²) in [5, 5.41) is 0. The van der Waals surface area contributed by atoms with Crippen LogP contribution in [0, 0.1) is 6.92 Å². The van der Waals surface area contributed by atoms with Gasteiger partial charge in [0.25, 0.3) is 10.0 Å². The van der Waals surface area contributed by atoms with Crippen LogP contribution in [0.5, 0.6) is 0 Å². The molecule has 186 valence electrons. The monoisotopic (exact) mass is 509 g/mol. The summed E-state index contributed by atoms with van der Waals surface area (Å²) in [7, 11) is -7.59. The Hall–Kier alpha value is -2.63. The molecular weight excluding hydrogens is 478 g/mol. The zero-order valence-corrected chi connectivity index (χ0v) is 21.4. The van der Waals surface area contributed by atoms with Crippen molar-refractivity contribution in [3.05, 3.63) is 54.1 Å². The summed E-state index contributed by atoms with van der Waals surface area (Å²) in [6.45, 7) is 8.03. The van der Waals surface area contributed by atoms with E-state index >= 15 is 0 Å². The van der Waals surface area contributed by atoms with Crippen molar-refractivity contribution in [2.45, 2.75) is 62.0 Å². The quantitative estimate of drug-likeness (QED) is 0.615. The van der Waals surface area contributed by atoms with E-state index in [0.29, 0.717) is 25.9 Å². The molecule has 11 heteroatoms. The Balaban J connectivity index is 1.59. The molecule has 1 amide bonds. The number of likely N-dealkylation sites (tertiary alicyclic amines) is 1. The Bertz CT molecular complexity index is 1210. The van der Waals surface area contributed by atoms with Crippen LogP contribution in [0.3, 0.4) is 0 Å². The first-order chi connectivity index (χ1) is 15.7. The van der Waals surface area contributed by atoms with Crippen molar-refractivity contribution in [1.29, 1.82) is 0 Å². The molecule has 1 aliphatic rings. The molecule has 2 aromatic rings. The number of piperidine rings is 1. The van der Waals surface area contributed by atoms with Crippen LogP contribution in [0.4, 0.5) is 10.5 Å². The van der Waals surface area contributed by atoms with Crippen LogP contribution in [0.2, 0.25) is 0 Å². The Kier molecular flexibility index (Phi) is 7.59. The van der Waals surface area contributed by atoms with Crippen molar-refractivity contribution in [2.24, 2.45) is 0 Å². The second-order valence-electron chi connectivity index (χ2n) is 9.31. The van der Waals surface area contributed by atoms with Gasteiger partial charge in [-0.3, -0.25) is 4.72 Å². The fourth-order valence-electron chi connectivity index (χ4n) is 3.43. The summed E-state index contributed by atoms with van der Waals surface area (Å²) < 4.78 is 61.1. The first-order valence-electron chi connectivity index (χ1n) is 10.9. The number of benzene rings is 2. The molecule has 0 saturated carbocycles. The fourth-order valence-corrected chi connectivity index (χ4v) is 5.79. The lowest BCUT2D eigenvalue weighted by atomic mass is 10.1. The van der Waals surface area contributed by atoms with E-state index in [-0.39, 0.29) is 21.5 Å². The van der Waals surface area contributed by atoms with E-state index in [9.17, 15) is 21.6 Å². The number of nitrogens with zero attached hydrogens (tertiary/aromatic N) is 1. The molecule has 1 saturated heterocycles. The molecular formula is C23H31N3O6S2. The first kappa shape index (κ1) is 26.0. The third kappa shape index (κ3) is 6.94. The van der Waals surface area contributed by atoms with Crippen molar-refractivity contribution in [1.82, 2.24) is 9.62 Å². The van der Waals surface area contributed by atoms with Crippen LogP contribution in [-0.2, 0) is 24.8 Å². The fraction of sp³-hybridized carbons (Fsp3) is 0.435. The number of nitrogens with one attached hydrogen (secondary N) is 2. The third-order valence-corrected chi connectivity index (χ3v) is 8.15. The van der Waals surface area contributed by atoms with Gasteiger partial charge in [0.2, 0.25) is 10.0 Å². The Morgan fingerprint density at radius 2 is 1.38 bits per heavy atom. The Morgan fingerprint density at radius 3 is 1.91 bits per heavy atom. The molecule has 0 spiro atoms. The van der Waals surface area contributed by atoms with Gasteiger partial charge in [-0.15, -0.1) is 0 Å². The minimum absolute atomic E-state index is 0.0281. The maximum atomic E-state index is 12.8. The van der Waals surface area contributed by atoms with Gasteiger partial charge in [-0.05, 0) is 76.9 Å². The summed E-state index contributed by atoms with van der Waals surface area (Å²) in [4.78, 5) is 13.9. The average molecular weight is 510 g/mol. The number of hydrogen-bond acceptors (Lipinski definition) is 6. The summed E-state index contributed by atoms with van der Waals surface area (Å²) in [6.07, 6.45) is 0.525. The molecule has 0 aromatic heterocycles. The number of ether oxygens (including phenoxy) is 1. The van der Waals surface area contributed by atoms with Crippen LogP contribution in [0.1, 0.15) is 39.2 Å². The summed E-state index contributed by atoms with van der Waals surface area (Å²) in [5.74, 6) is 0. The van der Waals surface area contributed by atoms with Crippen LogP contribution >= 0.6 is 0 Å². The standard InChI is InChI=1S/C23H31N3O6S2/c1-17-5-9-20(10-6-17)33(28,29)24-18-7-11-21(12-8-18)34(30,31)25-19-13-15-26(16-14-19)22(27)32-23(2,3)4/h5-12,19,24-25H,13-16H2,1-4H3. The molecule has 1 heterocycles. The first-order valence-corrected chi connectivity index (χ1v) is 13.9. The molecule has 0 radical (unpaired) electrons. The third-order valence-electron chi connectivity index (χ3n) is 5.22. The molecule has 0 unspecified atom stereocenters. The van der Waals surface area contributed by atoms with E-state index in [0.717, 1.165) is 5.56 Å². The number of carbonyl (C=O) groups is 1. The van der Waals surface area contributed by atoms with Crippen LogP contribution < -0.4 is 9.44 Å². The van der Waals surface area contributed by atoms with E-state index in [1.54, 1.807) is 37.8 Å². The lowest BCUT2D eigenvalue weighted by molar-refractivity contribution is 0.0203. The maximum Gasteiger partial charge on any atom is 0.410 e. The van der Waals surface area contributed by atoms with E-state index in [2.05, 4.69) is 9.44 Å². The van der Waals surface area contributed by atoms with Gasteiger partial charge in [0.15, 0.2) is 0 Å². The molecule has 9 nitrogen and oxygen atoms in total. The molecule has 1 fully saturated rings. The second kappa shape index (κ2) is 9.93. The summed E-state index contributed by atoms with van der Waals surface area (Å²) in [5.41, 5.74) is 0.609. The molecule has 2 aromatic carbocycles. The summed E-state index contributed by atoms with van der Waals surface area (Å²) in [6, 6.07) is 11.6. The van der Waals surface area contributed by atoms with Gasteiger partial charge in [0.05, 0.1) is 9.79 Å². The highest BCUT2D eigenvalue weighted by atomic mass is 32.2. The van der Waals surface area contributed by atoms with Gasteiger partial charge < -0.3 is 9.64 Å². The number of hydrogen-bond donors (Lipinski definition) is 2. The van der Waals surface area contributed by atoms with Crippen molar-refractivity contribution < 1.29 is 26.4 Å². The predicted molar refractivity (Wildman–Crippen MR) is 130 cm³/mol. The molecule has 0 bridgehead atoms. The molecule has 0 aliphatic carbocycles. The minimum Gasteiger partial charge on any atom is -0.444 e. The highest BCUT2D eigenvalue weighted by Gasteiger charge is 2.29. The average Bonchev–Trinajstić information content (AvgIpc) is 2.73. The normalized spacial score (nSPS) is 15.7. The Labute approximate surface area is 201 Å². The van der Waals surface area contributed by atoms with Gasteiger partial charge in [0, 0.05) is 24.8 Å². The maximum absolute atomic E-state index is 12.8. The molecule has 34 heavy (non-hydrogen) atoms. The van der Waals surface area contributed by atoms with E-state index < -0.39 is 31.7 Å². The van der Waals surface area contributed by atoms with Crippen molar-refractivity contribution >= 4 is 31.8 Å². The smallest absolute Gasteiger partial charge is 0.410 e. The van der Waals surface area contributed by atoms with Crippen LogP contribution in [-0.4, -0.2) is 52.6 Å². The highest BCUT2D eigenvalue weighted by Crippen LogP contribution is 2.21. The lowest BCUT2D eigenvalue weighted by Crippen LogP contribution is -2.47. The minimum atomic E-state index is -3.81. The number of carbonyl (C=O) groups excluding carboxylic acids is 1. The van der Waals surface area contributed by atoms with Gasteiger partial charge in [-0.1, -0.05) is 17.7 Å². The van der Waals surface area contributed by atoms with Crippen molar-refractivity contribution in [3.63, 3.8) is 0 Å². The van der Waals surface area contributed by atoms with Crippen LogP contribution in [0.25, 0.3) is 0 Å². The largest absolute Gasteiger partial charge is 0.444 e. The number of rotatable bonds is 6. The zero-order valence-electron chi connectivity index (χ0n) is 19.7. The van der Waals surface area contributed by atoms with Gasteiger partial charge in [0.1, 0.15) is 5.60 Å².